The van der Waals surface area contributed by atoms with E-state index >= 15 is 0 Å². The first-order valence-corrected chi connectivity index (χ1v) is 15.3. The van der Waals surface area contributed by atoms with Crippen LogP contribution in [0.3, 0.4) is 0 Å². The van der Waals surface area contributed by atoms with Crippen LogP contribution >= 0.6 is 0 Å². The van der Waals surface area contributed by atoms with Gasteiger partial charge in [0.05, 0.1) is 6.61 Å². The van der Waals surface area contributed by atoms with Crippen molar-refractivity contribution in [2.24, 2.45) is 5.73 Å². The lowest BCUT2D eigenvalue weighted by molar-refractivity contribution is -0.138. The minimum Gasteiger partial charge on any atom is -0.493 e. The summed E-state index contributed by atoms with van der Waals surface area (Å²) in [6.45, 7) is 7.35. The zero-order chi connectivity index (χ0) is 30.9. The Morgan fingerprint density at radius 3 is 2.25 bits per heavy atom. The summed E-state index contributed by atoms with van der Waals surface area (Å²) in [7, 11) is 0. The van der Waals surface area contributed by atoms with Gasteiger partial charge in [0.2, 0.25) is 0 Å². The average Bonchev–Trinajstić information content (AvgIpc) is 3.02. The van der Waals surface area contributed by atoms with Crippen molar-refractivity contribution in [3.8, 4) is 17.2 Å². The van der Waals surface area contributed by atoms with Gasteiger partial charge in [0, 0.05) is 36.3 Å². The van der Waals surface area contributed by atoms with Crippen molar-refractivity contribution in [2.45, 2.75) is 65.5 Å². The van der Waals surface area contributed by atoms with Gasteiger partial charge in [-0.1, -0.05) is 77.9 Å². The lowest BCUT2D eigenvalue weighted by atomic mass is 9.98. The molecule has 0 radical (unpaired) electrons. The molecule has 4 aromatic rings. The molecule has 7 heteroatoms. The summed E-state index contributed by atoms with van der Waals surface area (Å²) in [5.74, 6) is 1.50. The number of carbonyl (C=O) groups is 1. The largest absolute Gasteiger partial charge is 0.493 e. The van der Waals surface area contributed by atoms with E-state index in [1.165, 1.54) is 11.1 Å². The summed E-state index contributed by atoms with van der Waals surface area (Å²) in [6, 6.07) is 27.7. The molecule has 5 rings (SSSR count). The van der Waals surface area contributed by atoms with E-state index < -0.39 is 12.0 Å². The average molecular weight is 595 g/mol. The molecule has 230 valence electrons. The molecule has 4 aromatic carbocycles. The van der Waals surface area contributed by atoms with Crippen molar-refractivity contribution >= 4 is 5.97 Å². The van der Waals surface area contributed by atoms with Crippen molar-refractivity contribution in [1.82, 2.24) is 4.90 Å². The van der Waals surface area contributed by atoms with Crippen LogP contribution in [0.1, 0.15) is 51.8 Å². The van der Waals surface area contributed by atoms with Gasteiger partial charge in [0.25, 0.3) is 0 Å². The predicted octanol–water partition coefficient (Wildman–Crippen LogP) is 6.59. The maximum absolute atomic E-state index is 11.6. The molecule has 1 atom stereocenters. The van der Waals surface area contributed by atoms with E-state index in [-0.39, 0.29) is 0 Å². The summed E-state index contributed by atoms with van der Waals surface area (Å²) >= 11 is 0. The maximum Gasteiger partial charge on any atom is 0.320 e. The molecule has 0 saturated carbocycles. The Bertz CT molecular complexity index is 1570. The Balaban J connectivity index is 1.41. The first-order valence-electron chi connectivity index (χ1n) is 15.3. The minimum atomic E-state index is -1.00. The van der Waals surface area contributed by atoms with E-state index in [2.05, 4.69) is 61.2 Å². The van der Waals surface area contributed by atoms with Crippen LogP contribution in [0, 0.1) is 13.8 Å². The van der Waals surface area contributed by atoms with E-state index in [1.54, 1.807) is 0 Å². The lowest BCUT2D eigenvalue weighted by Crippen LogP contribution is -2.35. The number of ether oxygens (including phenoxy) is 3. The molecule has 0 fully saturated rings. The molecule has 7 nitrogen and oxygen atoms in total. The number of carboxylic acid groups (broad SMARTS) is 1. The van der Waals surface area contributed by atoms with Crippen LogP contribution in [-0.4, -0.2) is 35.2 Å². The summed E-state index contributed by atoms with van der Waals surface area (Å²) in [6.07, 6.45) is 2.14. The fourth-order valence-electron chi connectivity index (χ4n) is 5.62. The van der Waals surface area contributed by atoms with Gasteiger partial charge in [-0.05, 0) is 62.4 Å². The third-order valence-corrected chi connectivity index (χ3v) is 7.95. The van der Waals surface area contributed by atoms with Gasteiger partial charge in [0.15, 0.2) is 0 Å². The van der Waals surface area contributed by atoms with Gasteiger partial charge in [-0.3, -0.25) is 9.69 Å². The molecule has 1 aliphatic heterocycles. The van der Waals surface area contributed by atoms with Crippen molar-refractivity contribution in [3.63, 3.8) is 0 Å². The molecule has 0 unspecified atom stereocenters. The molecule has 44 heavy (non-hydrogen) atoms. The fourth-order valence-corrected chi connectivity index (χ4v) is 5.62. The van der Waals surface area contributed by atoms with E-state index in [1.807, 2.05) is 42.5 Å². The van der Waals surface area contributed by atoms with Crippen LogP contribution in [0.5, 0.6) is 17.2 Å². The highest BCUT2D eigenvalue weighted by Gasteiger charge is 2.23. The Morgan fingerprint density at radius 2 is 1.57 bits per heavy atom. The van der Waals surface area contributed by atoms with Gasteiger partial charge < -0.3 is 25.1 Å². The van der Waals surface area contributed by atoms with Crippen molar-refractivity contribution < 1.29 is 24.1 Å². The van der Waals surface area contributed by atoms with Gasteiger partial charge in [-0.25, -0.2) is 0 Å². The number of carboxylic acids is 1. The van der Waals surface area contributed by atoms with Crippen LogP contribution in [0.25, 0.3) is 0 Å². The Kier molecular flexibility index (Phi) is 10.5. The molecule has 0 aromatic heterocycles. The highest BCUT2D eigenvalue weighted by Crippen LogP contribution is 2.36. The smallest absolute Gasteiger partial charge is 0.320 e. The molecule has 0 spiro atoms. The number of hydrogen-bond donors (Lipinski definition) is 2. The second-order valence-corrected chi connectivity index (χ2v) is 11.6. The standard InChI is InChI=1S/C37H42N2O5/c1-26-8-5-10-28(20-26)24-43-34-14-4-3-12-30(34)22-39(18-17-33(38)37(40)41)23-32-31-13-7-19-42-35(31)15-16-36(32)44-25-29-11-6-9-27(2)21-29/h3-6,8-12,14-16,20-21,33H,7,13,17-19,22-25,38H2,1-2H3,(H,40,41)/t33-/m0/s1. The van der Waals surface area contributed by atoms with Gasteiger partial charge >= 0.3 is 5.97 Å². The summed E-state index contributed by atoms with van der Waals surface area (Å²) in [5.41, 5.74) is 13.8. The molecule has 0 bridgehead atoms. The Hall–Kier alpha value is -4.33. The Labute approximate surface area is 260 Å². The third-order valence-electron chi connectivity index (χ3n) is 7.95. The van der Waals surface area contributed by atoms with Crippen LogP contribution in [0.4, 0.5) is 0 Å². The fraction of sp³-hybridized carbons (Fsp3) is 0.324. The normalized spacial score (nSPS) is 13.2. The van der Waals surface area contributed by atoms with E-state index in [0.717, 1.165) is 57.9 Å². The maximum atomic E-state index is 11.6. The van der Waals surface area contributed by atoms with E-state index in [9.17, 15) is 9.90 Å². The molecular weight excluding hydrogens is 552 g/mol. The lowest BCUT2D eigenvalue weighted by Gasteiger charge is -2.29. The van der Waals surface area contributed by atoms with E-state index in [4.69, 9.17) is 19.9 Å². The molecule has 1 heterocycles. The van der Waals surface area contributed by atoms with Crippen LogP contribution in [0.2, 0.25) is 0 Å². The zero-order valence-corrected chi connectivity index (χ0v) is 25.6. The number of aryl methyl sites for hydroxylation is 2. The highest BCUT2D eigenvalue weighted by molar-refractivity contribution is 5.73. The number of benzene rings is 4. The molecule has 0 saturated heterocycles. The molecule has 0 aliphatic carbocycles. The number of hydrogen-bond acceptors (Lipinski definition) is 6. The summed E-state index contributed by atoms with van der Waals surface area (Å²) in [5, 5.41) is 9.52. The molecule has 1 aliphatic rings. The van der Waals surface area contributed by atoms with Crippen LogP contribution in [0.15, 0.2) is 84.9 Å². The SMILES string of the molecule is Cc1cccc(COc2ccccc2CN(CC[C@H](N)C(=O)O)Cc2c(OCc3cccc(C)c3)ccc3c2CCCO3)c1. The number of nitrogens with zero attached hydrogens (tertiary/aromatic N) is 1. The van der Waals surface area contributed by atoms with Crippen molar-refractivity contribution in [3.05, 3.63) is 124 Å². The second kappa shape index (κ2) is 14.9. The van der Waals surface area contributed by atoms with E-state index in [0.29, 0.717) is 45.9 Å². The number of para-hydroxylation sites is 1. The topological polar surface area (TPSA) is 94.3 Å². The first kappa shape index (κ1) is 31.1. The summed E-state index contributed by atoms with van der Waals surface area (Å²) < 4.78 is 18.8. The van der Waals surface area contributed by atoms with Crippen molar-refractivity contribution in [1.29, 1.82) is 0 Å². The van der Waals surface area contributed by atoms with Crippen LogP contribution in [-0.2, 0) is 37.5 Å². The zero-order valence-electron chi connectivity index (χ0n) is 25.6. The van der Waals surface area contributed by atoms with Gasteiger partial charge in [-0.15, -0.1) is 0 Å². The monoisotopic (exact) mass is 594 g/mol. The Morgan fingerprint density at radius 1 is 0.886 bits per heavy atom. The molecular formula is C37H42N2O5. The third kappa shape index (κ3) is 8.40. The van der Waals surface area contributed by atoms with Gasteiger partial charge in [-0.2, -0.15) is 0 Å². The van der Waals surface area contributed by atoms with Crippen LogP contribution < -0.4 is 19.9 Å². The highest BCUT2D eigenvalue weighted by atomic mass is 16.5. The number of nitrogens with two attached hydrogens (primary N) is 1. The number of aliphatic carboxylic acids is 1. The summed E-state index contributed by atoms with van der Waals surface area (Å²) in [4.78, 5) is 13.9. The number of rotatable bonds is 14. The molecule has 3 N–H and O–H groups in total. The predicted molar refractivity (Wildman–Crippen MR) is 172 cm³/mol. The minimum absolute atomic E-state index is 0.312. The second-order valence-electron chi connectivity index (χ2n) is 11.6. The first-order chi connectivity index (χ1) is 21.4. The quantitative estimate of drug-likeness (QED) is 0.170. The van der Waals surface area contributed by atoms with Crippen molar-refractivity contribution in [2.75, 3.05) is 13.2 Å². The molecule has 0 amide bonds. The number of fused-ring (bicyclic) bond motifs is 1. The van der Waals surface area contributed by atoms with Gasteiger partial charge in [0.1, 0.15) is 36.5 Å².